The van der Waals surface area contributed by atoms with Gasteiger partial charge in [-0.1, -0.05) is 6.42 Å². The third kappa shape index (κ3) is 3.13. The number of aryl methyl sites for hydroxylation is 1. The topological polar surface area (TPSA) is 43.8 Å². The van der Waals surface area contributed by atoms with E-state index in [2.05, 4.69) is 23.4 Å². The molecular formula is C15H22FN3. The number of rotatable bonds is 6. The maximum absolute atomic E-state index is 13.3. The summed E-state index contributed by atoms with van der Waals surface area (Å²) in [5, 5.41) is 0. The van der Waals surface area contributed by atoms with Crippen molar-refractivity contribution in [1.82, 2.24) is 9.55 Å². The van der Waals surface area contributed by atoms with E-state index in [1.165, 1.54) is 12.1 Å². The SMILES string of the molecule is CC(C)n1c(CCCCCN)nc2cc(F)ccc21. The van der Waals surface area contributed by atoms with Crippen LogP contribution in [0.15, 0.2) is 18.2 Å². The Hall–Kier alpha value is -1.42. The summed E-state index contributed by atoms with van der Waals surface area (Å²) < 4.78 is 15.5. The van der Waals surface area contributed by atoms with Crippen molar-refractivity contribution in [2.75, 3.05) is 6.54 Å². The molecule has 4 heteroatoms. The fourth-order valence-electron chi connectivity index (χ4n) is 2.48. The molecule has 0 bridgehead atoms. The number of nitrogens with zero attached hydrogens (tertiary/aromatic N) is 2. The molecule has 2 aromatic rings. The minimum Gasteiger partial charge on any atom is -0.330 e. The molecule has 1 heterocycles. The second-order valence-corrected chi connectivity index (χ2v) is 5.22. The van der Waals surface area contributed by atoms with Crippen molar-refractivity contribution in [3.05, 3.63) is 29.8 Å². The molecule has 0 atom stereocenters. The van der Waals surface area contributed by atoms with Gasteiger partial charge in [0.05, 0.1) is 11.0 Å². The van der Waals surface area contributed by atoms with E-state index < -0.39 is 0 Å². The molecule has 0 aliphatic rings. The fourth-order valence-corrected chi connectivity index (χ4v) is 2.48. The molecule has 3 nitrogen and oxygen atoms in total. The van der Waals surface area contributed by atoms with Crippen LogP contribution >= 0.6 is 0 Å². The van der Waals surface area contributed by atoms with E-state index in [1.807, 2.05) is 6.07 Å². The highest BCUT2D eigenvalue weighted by Crippen LogP contribution is 2.23. The van der Waals surface area contributed by atoms with Gasteiger partial charge in [-0.2, -0.15) is 0 Å². The highest BCUT2D eigenvalue weighted by atomic mass is 19.1. The lowest BCUT2D eigenvalue weighted by molar-refractivity contribution is 0.566. The van der Waals surface area contributed by atoms with Gasteiger partial charge in [0.1, 0.15) is 11.6 Å². The zero-order valence-electron chi connectivity index (χ0n) is 11.7. The van der Waals surface area contributed by atoms with Gasteiger partial charge in [-0.3, -0.25) is 0 Å². The van der Waals surface area contributed by atoms with E-state index in [1.54, 1.807) is 0 Å². The number of halogens is 1. The predicted molar refractivity (Wildman–Crippen MR) is 76.7 cm³/mol. The lowest BCUT2D eigenvalue weighted by Gasteiger charge is -2.12. The van der Waals surface area contributed by atoms with Crippen molar-refractivity contribution >= 4 is 11.0 Å². The third-order valence-corrected chi connectivity index (χ3v) is 3.35. The molecule has 0 fully saturated rings. The Balaban J connectivity index is 2.28. The fraction of sp³-hybridized carbons (Fsp3) is 0.533. The number of unbranched alkanes of at least 4 members (excludes halogenated alkanes) is 2. The maximum atomic E-state index is 13.3. The van der Waals surface area contributed by atoms with Gasteiger partial charge in [0.15, 0.2) is 0 Å². The van der Waals surface area contributed by atoms with Crippen LogP contribution in [0.4, 0.5) is 4.39 Å². The van der Waals surface area contributed by atoms with Gasteiger partial charge in [0.25, 0.3) is 0 Å². The predicted octanol–water partition coefficient (Wildman–Crippen LogP) is 3.43. The van der Waals surface area contributed by atoms with Crippen LogP contribution in [0.3, 0.4) is 0 Å². The number of aromatic nitrogens is 2. The molecule has 2 N–H and O–H groups in total. The Kier molecular flexibility index (Phi) is 4.53. The van der Waals surface area contributed by atoms with Crippen LogP contribution in [0, 0.1) is 5.82 Å². The molecule has 104 valence electrons. The molecule has 1 aromatic carbocycles. The Morgan fingerprint density at radius 1 is 1.26 bits per heavy atom. The van der Waals surface area contributed by atoms with Crippen LogP contribution in [0.1, 0.15) is 45.0 Å². The molecular weight excluding hydrogens is 241 g/mol. The summed E-state index contributed by atoms with van der Waals surface area (Å²) in [7, 11) is 0. The van der Waals surface area contributed by atoms with Crippen LogP contribution in [-0.4, -0.2) is 16.1 Å². The van der Waals surface area contributed by atoms with Crippen molar-refractivity contribution in [3.63, 3.8) is 0 Å². The zero-order chi connectivity index (χ0) is 13.8. The van der Waals surface area contributed by atoms with E-state index in [9.17, 15) is 4.39 Å². The van der Waals surface area contributed by atoms with Crippen molar-refractivity contribution in [2.45, 2.75) is 45.6 Å². The van der Waals surface area contributed by atoms with Crippen molar-refractivity contribution in [1.29, 1.82) is 0 Å². The van der Waals surface area contributed by atoms with E-state index in [0.717, 1.165) is 49.1 Å². The van der Waals surface area contributed by atoms with Crippen LogP contribution in [0.25, 0.3) is 11.0 Å². The van der Waals surface area contributed by atoms with Crippen molar-refractivity contribution in [2.24, 2.45) is 5.73 Å². The number of hydrogen-bond acceptors (Lipinski definition) is 2. The average Bonchev–Trinajstić information content (AvgIpc) is 2.72. The van der Waals surface area contributed by atoms with E-state index in [4.69, 9.17) is 5.73 Å². The Morgan fingerprint density at radius 3 is 2.74 bits per heavy atom. The quantitative estimate of drug-likeness (QED) is 0.811. The molecule has 0 saturated heterocycles. The Morgan fingerprint density at radius 2 is 2.05 bits per heavy atom. The monoisotopic (exact) mass is 263 g/mol. The lowest BCUT2D eigenvalue weighted by atomic mass is 10.2. The second kappa shape index (κ2) is 6.15. The van der Waals surface area contributed by atoms with Gasteiger partial charge in [0.2, 0.25) is 0 Å². The number of benzene rings is 1. The first-order valence-corrected chi connectivity index (χ1v) is 7.00. The smallest absolute Gasteiger partial charge is 0.125 e. The molecule has 0 saturated carbocycles. The van der Waals surface area contributed by atoms with Gasteiger partial charge in [-0.15, -0.1) is 0 Å². The first kappa shape index (κ1) is 14.0. The van der Waals surface area contributed by atoms with Gasteiger partial charge >= 0.3 is 0 Å². The lowest BCUT2D eigenvalue weighted by Crippen LogP contribution is -2.07. The summed E-state index contributed by atoms with van der Waals surface area (Å²) in [6.07, 6.45) is 4.17. The molecule has 0 aliphatic heterocycles. The van der Waals surface area contributed by atoms with Crippen molar-refractivity contribution in [3.8, 4) is 0 Å². The summed E-state index contributed by atoms with van der Waals surface area (Å²) in [4.78, 5) is 4.58. The standard InChI is InChI=1S/C15H22FN3/c1-11(2)19-14-8-7-12(16)10-13(14)18-15(19)6-4-3-5-9-17/h7-8,10-11H,3-6,9,17H2,1-2H3. The third-order valence-electron chi connectivity index (χ3n) is 3.35. The van der Waals surface area contributed by atoms with Crippen LogP contribution in [0.5, 0.6) is 0 Å². The Labute approximate surface area is 113 Å². The molecule has 0 radical (unpaired) electrons. The van der Waals surface area contributed by atoms with E-state index >= 15 is 0 Å². The normalized spacial score (nSPS) is 11.6. The minimum absolute atomic E-state index is 0.226. The number of hydrogen-bond donors (Lipinski definition) is 1. The van der Waals surface area contributed by atoms with Crippen LogP contribution < -0.4 is 5.73 Å². The van der Waals surface area contributed by atoms with Crippen LogP contribution in [-0.2, 0) is 6.42 Å². The molecule has 2 rings (SSSR count). The van der Waals surface area contributed by atoms with Gasteiger partial charge in [0, 0.05) is 18.5 Å². The molecule has 1 aromatic heterocycles. The maximum Gasteiger partial charge on any atom is 0.125 e. The van der Waals surface area contributed by atoms with Gasteiger partial charge in [-0.05, 0) is 45.4 Å². The van der Waals surface area contributed by atoms with E-state index in [-0.39, 0.29) is 5.82 Å². The first-order chi connectivity index (χ1) is 9.13. The van der Waals surface area contributed by atoms with Crippen LogP contribution in [0.2, 0.25) is 0 Å². The minimum atomic E-state index is -0.226. The molecule has 0 spiro atoms. The highest BCUT2D eigenvalue weighted by Gasteiger charge is 2.13. The first-order valence-electron chi connectivity index (χ1n) is 7.00. The zero-order valence-corrected chi connectivity index (χ0v) is 11.7. The largest absolute Gasteiger partial charge is 0.330 e. The van der Waals surface area contributed by atoms with E-state index in [0.29, 0.717) is 6.04 Å². The van der Waals surface area contributed by atoms with Gasteiger partial charge in [-0.25, -0.2) is 9.37 Å². The second-order valence-electron chi connectivity index (χ2n) is 5.22. The van der Waals surface area contributed by atoms with Gasteiger partial charge < -0.3 is 10.3 Å². The molecule has 0 amide bonds. The van der Waals surface area contributed by atoms with Crippen molar-refractivity contribution < 1.29 is 4.39 Å². The number of fused-ring (bicyclic) bond motifs is 1. The summed E-state index contributed by atoms with van der Waals surface area (Å²) >= 11 is 0. The summed E-state index contributed by atoms with van der Waals surface area (Å²) in [6.45, 7) is 5.01. The molecule has 0 unspecified atom stereocenters. The molecule has 19 heavy (non-hydrogen) atoms. The Bertz CT molecular complexity index is 546. The summed E-state index contributed by atoms with van der Waals surface area (Å²) in [6, 6.07) is 5.17. The number of nitrogens with two attached hydrogens (primary N) is 1. The summed E-state index contributed by atoms with van der Waals surface area (Å²) in [5.41, 5.74) is 7.27. The highest BCUT2D eigenvalue weighted by molar-refractivity contribution is 5.76. The molecule has 0 aliphatic carbocycles. The summed E-state index contributed by atoms with van der Waals surface area (Å²) in [5.74, 6) is 0.822. The average molecular weight is 263 g/mol. The number of imidazole rings is 1.